The molecule has 148 valence electrons. The highest BCUT2D eigenvalue weighted by Crippen LogP contribution is 2.19. The molecule has 2 heterocycles. The van der Waals surface area contributed by atoms with Gasteiger partial charge in [0.05, 0.1) is 17.8 Å². The summed E-state index contributed by atoms with van der Waals surface area (Å²) in [5.74, 6) is -0.267. The molecule has 2 atom stereocenters. The predicted octanol–water partition coefficient (Wildman–Crippen LogP) is 2.96. The third kappa shape index (κ3) is 5.29. The molecule has 1 saturated heterocycles. The minimum atomic E-state index is -0.843. The fourth-order valence-corrected chi connectivity index (χ4v) is 3.33. The van der Waals surface area contributed by atoms with Crippen LogP contribution in [-0.2, 0) is 16.0 Å². The topological polar surface area (TPSA) is 91.8 Å². The Morgan fingerprint density at radius 3 is 2.61 bits per heavy atom. The monoisotopic (exact) mass is 383 g/mol. The van der Waals surface area contributed by atoms with Crippen LogP contribution in [0.3, 0.4) is 0 Å². The van der Waals surface area contributed by atoms with Crippen molar-refractivity contribution in [3.63, 3.8) is 0 Å². The van der Waals surface area contributed by atoms with E-state index in [0.29, 0.717) is 17.7 Å². The number of ether oxygens (including phenoxy) is 1. The quantitative estimate of drug-likeness (QED) is 0.797. The molecule has 0 aliphatic carbocycles. The molecule has 1 amide bonds. The average molecular weight is 383 g/mol. The summed E-state index contributed by atoms with van der Waals surface area (Å²) in [6.07, 6.45) is 2.33. The number of amides is 1. The summed E-state index contributed by atoms with van der Waals surface area (Å²) in [6.45, 7) is 5.61. The number of nitrogens with one attached hydrogen (secondary N) is 1. The smallest absolute Gasteiger partial charge is 0.303 e. The zero-order valence-electron chi connectivity index (χ0n) is 16.1. The van der Waals surface area contributed by atoms with E-state index in [0.717, 1.165) is 24.5 Å². The number of carbonyl (C=O) groups is 2. The van der Waals surface area contributed by atoms with Crippen molar-refractivity contribution in [2.24, 2.45) is 0 Å². The van der Waals surface area contributed by atoms with Crippen molar-refractivity contribution in [2.45, 2.75) is 38.9 Å². The Balaban J connectivity index is 1.63. The van der Waals surface area contributed by atoms with E-state index < -0.39 is 5.97 Å². The van der Waals surface area contributed by atoms with Crippen LogP contribution in [0.4, 0.5) is 11.5 Å². The molecule has 0 radical (unpaired) electrons. The van der Waals surface area contributed by atoms with E-state index in [1.54, 1.807) is 30.5 Å². The fraction of sp³-hybridized carbons (Fsp3) is 0.381. The fourth-order valence-electron chi connectivity index (χ4n) is 3.33. The molecule has 28 heavy (non-hydrogen) atoms. The van der Waals surface area contributed by atoms with Crippen molar-refractivity contribution >= 4 is 23.4 Å². The number of rotatable bonds is 6. The maximum absolute atomic E-state index is 12.5. The number of hydrogen-bond donors (Lipinski definition) is 2. The first-order valence-corrected chi connectivity index (χ1v) is 9.39. The van der Waals surface area contributed by atoms with E-state index in [9.17, 15) is 9.59 Å². The summed E-state index contributed by atoms with van der Waals surface area (Å²) in [4.78, 5) is 29.8. The lowest BCUT2D eigenvalue weighted by Crippen LogP contribution is -2.45. The van der Waals surface area contributed by atoms with Crippen LogP contribution in [0.1, 0.15) is 36.2 Å². The van der Waals surface area contributed by atoms with E-state index in [-0.39, 0.29) is 24.5 Å². The number of carboxylic acid groups (broad SMARTS) is 1. The highest BCUT2D eigenvalue weighted by Gasteiger charge is 2.23. The first-order valence-electron chi connectivity index (χ1n) is 9.39. The number of hydrogen-bond acceptors (Lipinski definition) is 5. The molecule has 1 aliphatic heterocycles. The van der Waals surface area contributed by atoms with Crippen LogP contribution >= 0.6 is 0 Å². The number of nitrogens with zero attached hydrogens (tertiary/aromatic N) is 2. The van der Waals surface area contributed by atoms with Crippen LogP contribution in [0.5, 0.6) is 0 Å². The standard InChI is InChI=1S/C21H25N3O4/c1-14-12-24(13-15(2)28-14)19-8-7-17(11-22-19)21(27)23-18-5-3-4-16(10-18)6-9-20(25)26/h3-5,7-8,10-11,14-15H,6,9,12-13H2,1-2H3,(H,23,27)(H,25,26). The Kier molecular flexibility index (Phi) is 6.26. The van der Waals surface area contributed by atoms with Crippen LogP contribution in [0, 0.1) is 0 Å². The van der Waals surface area contributed by atoms with Gasteiger partial charge >= 0.3 is 5.97 Å². The summed E-state index contributed by atoms with van der Waals surface area (Å²) in [5.41, 5.74) is 1.96. The van der Waals surface area contributed by atoms with Crippen LogP contribution in [0.15, 0.2) is 42.6 Å². The summed E-state index contributed by atoms with van der Waals surface area (Å²) in [6, 6.07) is 10.8. The Morgan fingerprint density at radius 1 is 1.21 bits per heavy atom. The summed E-state index contributed by atoms with van der Waals surface area (Å²) in [7, 11) is 0. The number of benzene rings is 1. The number of carboxylic acids is 1. The van der Waals surface area contributed by atoms with Gasteiger partial charge in [-0.25, -0.2) is 4.98 Å². The van der Waals surface area contributed by atoms with Crippen molar-refractivity contribution < 1.29 is 19.4 Å². The predicted molar refractivity (Wildman–Crippen MR) is 107 cm³/mol. The van der Waals surface area contributed by atoms with E-state index in [1.807, 2.05) is 26.0 Å². The van der Waals surface area contributed by atoms with Gasteiger partial charge in [-0.3, -0.25) is 9.59 Å². The Bertz CT molecular complexity index is 828. The van der Waals surface area contributed by atoms with Gasteiger partial charge in [-0.1, -0.05) is 12.1 Å². The lowest BCUT2D eigenvalue weighted by molar-refractivity contribution is -0.136. The van der Waals surface area contributed by atoms with Crippen LogP contribution < -0.4 is 10.2 Å². The largest absolute Gasteiger partial charge is 0.481 e. The number of morpholine rings is 1. The SMILES string of the molecule is CC1CN(c2ccc(C(=O)Nc3cccc(CCC(=O)O)c3)cn2)CC(C)O1. The minimum absolute atomic E-state index is 0.0571. The zero-order chi connectivity index (χ0) is 20.1. The molecule has 1 aromatic carbocycles. The van der Waals surface area contributed by atoms with E-state index in [4.69, 9.17) is 9.84 Å². The minimum Gasteiger partial charge on any atom is -0.481 e. The Labute approximate surface area is 164 Å². The summed E-state index contributed by atoms with van der Waals surface area (Å²) in [5, 5.41) is 11.6. The van der Waals surface area contributed by atoms with Gasteiger partial charge in [-0.2, -0.15) is 0 Å². The summed E-state index contributed by atoms with van der Waals surface area (Å²) < 4.78 is 5.74. The third-order valence-corrected chi connectivity index (χ3v) is 4.57. The second-order valence-electron chi connectivity index (χ2n) is 7.12. The molecule has 1 fully saturated rings. The molecule has 2 N–H and O–H groups in total. The third-order valence-electron chi connectivity index (χ3n) is 4.57. The number of pyridine rings is 1. The van der Waals surface area contributed by atoms with Gasteiger partial charge in [0, 0.05) is 31.4 Å². The van der Waals surface area contributed by atoms with E-state index in [2.05, 4.69) is 15.2 Å². The molecule has 7 heteroatoms. The highest BCUT2D eigenvalue weighted by molar-refractivity contribution is 6.04. The number of carbonyl (C=O) groups excluding carboxylic acids is 1. The van der Waals surface area contributed by atoms with Crippen molar-refractivity contribution in [3.05, 3.63) is 53.7 Å². The van der Waals surface area contributed by atoms with Gasteiger partial charge in [0.15, 0.2) is 0 Å². The molecular weight excluding hydrogens is 358 g/mol. The van der Waals surface area contributed by atoms with Gasteiger partial charge < -0.3 is 20.1 Å². The second kappa shape index (κ2) is 8.84. The van der Waals surface area contributed by atoms with E-state index in [1.165, 1.54) is 0 Å². The van der Waals surface area contributed by atoms with Crippen molar-refractivity contribution in [1.82, 2.24) is 4.98 Å². The van der Waals surface area contributed by atoms with Gasteiger partial charge in [0.1, 0.15) is 5.82 Å². The average Bonchev–Trinajstić information content (AvgIpc) is 2.66. The molecule has 0 bridgehead atoms. The first kappa shape index (κ1) is 19.8. The molecule has 1 aliphatic rings. The molecule has 2 aromatic rings. The van der Waals surface area contributed by atoms with Crippen LogP contribution in [0.2, 0.25) is 0 Å². The van der Waals surface area contributed by atoms with Gasteiger partial charge in [-0.15, -0.1) is 0 Å². The lowest BCUT2D eigenvalue weighted by Gasteiger charge is -2.36. The summed E-state index contributed by atoms with van der Waals surface area (Å²) >= 11 is 0. The molecule has 1 aromatic heterocycles. The maximum Gasteiger partial charge on any atom is 0.303 e. The molecule has 0 saturated carbocycles. The van der Waals surface area contributed by atoms with Crippen molar-refractivity contribution in [2.75, 3.05) is 23.3 Å². The maximum atomic E-state index is 12.5. The Hall–Kier alpha value is -2.93. The molecule has 0 spiro atoms. The number of aliphatic carboxylic acids is 1. The lowest BCUT2D eigenvalue weighted by atomic mass is 10.1. The molecule has 3 rings (SSSR count). The first-order chi connectivity index (χ1) is 13.4. The van der Waals surface area contributed by atoms with Crippen LogP contribution in [0.25, 0.3) is 0 Å². The zero-order valence-corrected chi connectivity index (χ0v) is 16.1. The second-order valence-corrected chi connectivity index (χ2v) is 7.12. The van der Waals surface area contributed by atoms with Gasteiger partial charge in [0.25, 0.3) is 5.91 Å². The van der Waals surface area contributed by atoms with E-state index >= 15 is 0 Å². The Morgan fingerprint density at radius 2 is 1.96 bits per heavy atom. The number of aryl methyl sites for hydroxylation is 1. The van der Waals surface area contributed by atoms with Crippen LogP contribution in [-0.4, -0.2) is 47.3 Å². The molecular formula is C21H25N3O4. The highest BCUT2D eigenvalue weighted by atomic mass is 16.5. The van der Waals surface area contributed by atoms with Gasteiger partial charge in [-0.05, 0) is 50.1 Å². The van der Waals surface area contributed by atoms with Gasteiger partial charge in [0.2, 0.25) is 0 Å². The normalized spacial score (nSPS) is 19.3. The van der Waals surface area contributed by atoms with Crippen molar-refractivity contribution in [3.8, 4) is 0 Å². The number of aromatic nitrogens is 1. The van der Waals surface area contributed by atoms with Crippen molar-refractivity contribution in [1.29, 1.82) is 0 Å². The molecule has 2 unspecified atom stereocenters. The molecule has 7 nitrogen and oxygen atoms in total. The number of anilines is 2.